The molecule has 1 amide bonds. The first-order valence-corrected chi connectivity index (χ1v) is 13.3. The maximum atomic E-state index is 13.6. The van der Waals surface area contributed by atoms with Crippen LogP contribution >= 0.6 is 11.6 Å². The number of fused-ring (bicyclic) bond motifs is 1. The van der Waals surface area contributed by atoms with E-state index in [0.717, 1.165) is 25.7 Å². The molecule has 1 saturated carbocycles. The van der Waals surface area contributed by atoms with Crippen molar-refractivity contribution >= 4 is 51.6 Å². The number of esters is 1. The van der Waals surface area contributed by atoms with Crippen LogP contribution in [0.3, 0.4) is 0 Å². The topological polar surface area (TPSA) is 106 Å². The van der Waals surface area contributed by atoms with Crippen LogP contribution in [0.15, 0.2) is 48.8 Å². The van der Waals surface area contributed by atoms with Gasteiger partial charge in [0.1, 0.15) is 29.8 Å². The van der Waals surface area contributed by atoms with Gasteiger partial charge in [0.2, 0.25) is 5.91 Å². The molecule has 1 aliphatic carbocycles. The lowest BCUT2D eigenvalue weighted by molar-refractivity contribution is -0.156. The van der Waals surface area contributed by atoms with Crippen molar-refractivity contribution in [2.24, 2.45) is 0 Å². The van der Waals surface area contributed by atoms with E-state index in [1.54, 1.807) is 24.3 Å². The molecule has 3 aromatic rings. The Morgan fingerprint density at radius 2 is 2.08 bits per heavy atom. The highest BCUT2D eigenvalue weighted by Gasteiger charge is 2.23. The summed E-state index contributed by atoms with van der Waals surface area (Å²) < 4.78 is 25.1. The Hall–Kier alpha value is -3.76. The van der Waals surface area contributed by atoms with Crippen LogP contribution in [-0.4, -0.2) is 58.6 Å². The Morgan fingerprint density at radius 1 is 1.26 bits per heavy atom. The van der Waals surface area contributed by atoms with Gasteiger partial charge in [0.15, 0.2) is 0 Å². The van der Waals surface area contributed by atoms with Gasteiger partial charge in [-0.2, -0.15) is 0 Å². The number of morpholine rings is 1. The number of benzene rings is 2. The maximum Gasteiger partial charge on any atom is 0.320 e. The summed E-state index contributed by atoms with van der Waals surface area (Å²) in [5.74, 6) is -0.136. The monoisotopic (exact) mass is 553 g/mol. The van der Waals surface area contributed by atoms with E-state index < -0.39 is 5.82 Å². The fourth-order valence-corrected chi connectivity index (χ4v) is 4.99. The number of nitrogens with one attached hydrogen (secondary N) is 2. The number of anilines is 3. The van der Waals surface area contributed by atoms with Crippen molar-refractivity contribution in [2.75, 3.05) is 30.3 Å². The van der Waals surface area contributed by atoms with Crippen molar-refractivity contribution in [3.05, 3.63) is 59.7 Å². The minimum absolute atomic E-state index is 0.0127. The first kappa shape index (κ1) is 26.8. The lowest BCUT2D eigenvalue weighted by Gasteiger charge is -2.29. The van der Waals surface area contributed by atoms with E-state index in [9.17, 15) is 14.0 Å². The molecular formula is C28H29ClFN5O4. The second kappa shape index (κ2) is 12.0. The number of ether oxygens (including phenoxy) is 2. The summed E-state index contributed by atoms with van der Waals surface area (Å²) in [6.07, 6.45) is 8.56. The molecule has 2 fully saturated rings. The van der Waals surface area contributed by atoms with Crippen molar-refractivity contribution in [3.63, 3.8) is 0 Å². The van der Waals surface area contributed by atoms with Gasteiger partial charge in [-0.15, -0.1) is 0 Å². The molecule has 2 aromatic carbocycles. The van der Waals surface area contributed by atoms with E-state index in [-0.39, 0.29) is 35.7 Å². The molecule has 39 heavy (non-hydrogen) atoms. The Kier molecular flexibility index (Phi) is 8.23. The Balaban J connectivity index is 1.39. The number of halogens is 2. The average Bonchev–Trinajstić information content (AvgIpc) is 3.40. The van der Waals surface area contributed by atoms with E-state index in [2.05, 4.69) is 20.6 Å². The number of cyclic esters (lactones) is 1. The third-order valence-corrected chi connectivity index (χ3v) is 6.90. The van der Waals surface area contributed by atoms with Gasteiger partial charge >= 0.3 is 5.97 Å². The summed E-state index contributed by atoms with van der Waals surface area (Å²) in [4.78, 5) is 35.2. The van der Waals surface area contributed by atoms with Gasteiger partial charge in [0.05, 0.1) is 28.9 Å². The summed E-state index contributed by atoms with van der Waals surface area (Å²) in [5, 5.41) is 6.70. The highest BCUT2D eigenvalue weighted by Crippen LogP contribution is 2.36. The zero-order valence-corrected chi connectivity index (χ0v) is 22.2. The molecule has 2 heterocycles. The molecule has 1 saturated heterocycles. The second-order valence-electron chi connectivity index (χ2n) is 9.75. The van der Waals surface area contributed by atoms with Gasteiger partial charge in [-0.3, -0.25) is 14.5 Å². The standard InChI is InChI=1S/C28H29ClFN5O4/c1-17-14-35(15-27(37)38-17)10-4-7-26(36)34-24-12-20-23(13-25(24)39-19-5-2-3-6-19)31-16-32-28(20)33-18-8-9-22(30)21(29)11-18/h4,7-9,11-13,16-17,19H,2-3,5-6,10,14-15H2,1H3,(H,34,36)(H,31,32,33)/t17-/m1/s1. The highest BCUT2D eigenvalue weighted by molar-refractivity contribution is 6.31. The van der Waals surface area contributed by atoms with Crippen LogP contribution in [0.2, 0.25) is 5.02 Å². The molecule has 1 atom stereocenters. The largest absolute Gasteiger partial charge is 0.488 e. The second-order valence-corrected chi connectivity index (χ2v) is 10.2. The normalized spacial score (nSPS) is 18.4. The third-order valence-electron chi connectivity index (χ3n) is 6.61. The number of carbonyl (C=O) groups excluding carboxylic acids is 2. The number of amides is 1. The van der Waals surface area contributed by atoms with Crippen molar-refractivity contribution in [1.82, 2.24) is 14.9 Å². The van der Waals surface area contributed by atoms with Crippen LogP contribution in [0.25, 0.3) is 10.9 Å². The third kappa shape index (κ3) is 6.82. The lowest BCUT2D eigenvalue weighted by atomic mass is 10.1. The van der Waals surface area contributed by atoms with Gasteiger partial charge in [-0.05, 0) is 56.9 Å². The van der Waals surface area contributed by atoms with Crippen molar-refractivity contribution in [1.29, 1.82) is 0 Å². The number of hydrogen-bond acceptors (Lipinski definition) is 8. The molecule has 0 radical (unpaired) electrons. The number of carbonyl (C=O) groups is 2. The SMILES string of the molecule is C[C@@H]1CN(CC=CC(=O)Nc2cc3c(Nc4ccc(F)c(Cl)c4)ncnc3cc2OC2CCCC2)CC(=O)O1. The predicted octanol–water partition coefficient (Wildman–Crippen LogP) is 5.23. The minimum Gasteiger partial charge on any atom is -0.488 e. The average molecular weight is 554 g/mol. The van der Waals surface area contributed by atoms with E-state index >= 15 is 0 Å². The number of aromatic nitrogens is 2. The fourth-order valence-electron chi connectivity index (χ4n) is 4.81. The Morgan fingerprint density at radius 3 is 2.85 bits per heavy atom. The van der Waals surface area contributed by atoms with Crippen molar-refractivity contribution in [2.45, 2.75) is 44.8 Å². The van der Waals surface area contributed by atoms with Gasteiger partial charge < -0.3 is 20.1 Å². The maximum absolute atomic E-state index is 13.6. The molecular weight excluding hydrogens is 525 g/mol. The molecule has 9 nitrogen and oxygen atoms in total. The van der Waals surface area contributed by atoms with E-state index in [0.29, 0.717) is 46.9 Å². The molecule has 5 rings (SSSR count). The fraction of sp³-hybridized carbons (Fsp3) is 0.357. The Labute approximate surface area is 230 Å². The summed E-state index contributed by atoms with van der Waals surface area (Å²) in [6.45, 7) is 3.08. The summed E-state index contributed by atoms with van der Waals surface area (Å²) >= 11 is 5.94. The molecule has 11 heteroatoms. The van der Waals surface area contributed by atoms with E-state index in [1.807, 2.05) is 11.8 Å². The smallest absolute Gasteiger partial charge is 0.320 e. The van der Waals surface area contributed by atoms with Crippen LogP contribution in [0.5, 0.6) is 5.75 Å². The Bertz CT molecular complexity index is 1410. The van der Waals surface area contributed by atoms with Gasteiger partial charge in [0.25, 0.3) is 0 Å². The predicted molar refractivity (Wildman–Crippen MR) is 147 cm³/mol. The molecule has 2 N–H and O–H groups in total. The molecule has 0 bridgehead atoms. The van der Waals surface area contributed by atoms with Gasteiger partial charge in [-0.25, -0.2) is 14.4 Å². The zero-order valence-electron chi connectivity index (χ0n) is 21.5. The minimum atomic E-state index is -0.517. The zero-order chi connectivity index (χ0) is 27.4. The number of rotatable bonds is 8. The van der Waals surface area contributed by atoms with Gasteiger partial charge in [-0.1, -0.05) is 17.7 Å². The summed E-state index contributed by atoms with van der Waals surface area (Å²) in [6, 6.07) is 7.86. The lowest BCUT2D eigenvalue weighted by Crippen LogP contribution is -2.44. The van der Waals surface area contributed by atoms with E-state index in [4.69, 9.17) is 21.1 Å². The molecule has 1 aromatic heterocycles. The highest BCUT2D eigenvalue weighted by atomic mass is 35.5. The van der Waals surface area contributed by atoms with Crippen molar-refractivity contribution < 1.29 is 23.5 Å². The number of hydrogen-bond donors (Lipinski definition) is 2. The first-order chi connectivity index (χ1) is 18.8. The first-order valence-electron chi connectivity index (χ1n) is 12.9. The quantitative estimate of drug-likeness (QED) is 0.288. The van der Waals surface area contributed by atoms with Gasteiger partial charge in [0, 0.05) is 36.3 Å². The summed E-state index contributed by atoms with van der Waals surface area (Å²) in [7, 11) is 0. The summed E-state index contributed by atoms with van der Waals surface area (Å²) in [5.41, 5.74) is 1.65. The van der Waals surface area contributed by atoms with Crippen molar-refractivity contribution in [3.8, 4) is 5.75 Å². The molecule has 2 aliphatic rings. The van der Waals surface area contributed by atoms with Crippen LogP contribution < -0.4 is 15.4 Å². The van der Waals surface area contributed by atoms with Crippen LogP contribution in [0, 0.1) is 5.82 Å². The van der Waals surface area contributed by atoms with Crippen LogP contribution in [-0.2, 0) is 14.3 Å². The van der Waals surface area contributed by atoms with Crippen LogP contribution in [0.4, 0.5) is 21.6 Å². The van der Waals surface area contributed by atoms with E-state index in [1.165, 1.54) is 24.5 Å². The number of nitrogens with zero attached hydrogens (tertiary/aromatic N) is 3. The molecule has 0 spiro atoms. The molecule has 204 valence electrons. The molecule has 0 unspecified atom stereocenters. The molecule has 1 aliphatic heterocycles. The van der Waals surface area contributed by atoms with Crippen LogP contribution in [0.1, 0.15) is 32.6 Å².